The van der Waals surface area contributed by atoms with E-state index in [1.165, 1.54) is 5.06 Å². The second-order valence-corrected chi connectivity index (χ2v) is 4.75. The average molecular weight is 183 g/mol. The Morgan fingerprint density at radius 2 is 1.77 bits per heavy atom. The lowest BCUT2D eigenvalue weighted by molar-refractivity contribution is -0.195. The lowest BCUT2D eigenvalue weighted by Crippen LogP contribution is -2.50. The molecule has 0 saturated carbocycles. The van der Waals surface area contributed by atoms with E-state index in [1.807, 2.05) is 27.7 Å². The summed E-state index contributed by atoms with van der Waals surface area (Å²) in [5.41, 5.74) is 4.80. The van der Waals surface area contributed by atoms with Crippen molar-refractivity contribution in [2.75, 3.05) is 0 Å². The van der Waals surface area contributed by atoms with Gasteiger partial charge in [0, 0.05) is 6.04 Å². The van der Waals surface area contributed by atoms with E-state index in [-0.39, 0.29) is 12.0 Å². The minimum absolute atomic E-state index is 0.322. The van der Waals surface area contributed by atoms with Crippen LogP contribution < -0.4 is 5.73 Å². The van der Waals surface area contributed by atoms with Crippen LogP contribution in [0.2, 0.25) is 0 Å². The molecule has 4 heteroatoms. The molecule has 0 amide bonds. The molecule has 0 spiro atoms. The molecule has 0 aromatic carbocycles. The normalized spacial score (nSPS) is 37.3. The first-order valence-electron chi connectivity index (χ1n) is 4.40. The number of rotatable bonds is 0. The van der Waals surface area contributed by atoms with Gasteiger partial charge in [-0.1, -0.05) is 0 Å². The van der Waals surface area contributed by atoms with Crippen LogP contribution in [-0.2, 0) is 0 Å². The van der Waals surface area contributed by atoms with Gasteiger partial charge in [0.25, 0.3) is 0 Å². The highest BCUT2D eigenvalue weighted by atomic mass is 16.5. The van der Waals surface area contributed by atoms with Gasteiger partial charge in [0.05, 0.1) is 23.1 Å². The molecule has 2 atom stereocenters. The van der Waals surface area contributed by atoms with Crippen LogP contribution >= 0.6 is 0 Å². The van der Waals surface area contributed by atoms with E-state index in [1.54, 1.807) is 0 Å². The van der Waals surface area contributed by atoms with Crippen molar-refractivity contribution in [3.8, 4) is 6.07 Å². The molecule has 1 fully saturated rings. The molecule has 1 saturated heterocycles. The molecular formula is C9H17N3O. The van der Waals surface area contributed by atoms with Gasteiger partial charge >= 0.3 is 0 Å². The van der Waals surface area contributed by atoms with Gasteiger partial charge < -0.3 is 10.9 Å². The molecule has 3 N–H and O–H groups in total. The summed E-state index contributed by atoms with van der Waals surface area (Å²) in [6, 6.07) is 1.84. The number of nitrogens with two attached hydrogens (primary N) is 1. The summed E-state index contributed by atoms with van der Waals surface area (Å²) in [6.07, 6.45) is 0. The van der Waals surface area contributed by atoms with Crippen LogP contribution in [-0.4, -0.2) is 27.4 Å². The summed E-state index contributed by atoms with van der Waals surface area (Å²) in [5.74, 6) is -0.340. The second-order valence-electron chi connectivity index (χ2n) is 4.75. The molecule has 0 aromatic heterocycles. The maximum absolute atomic E-state index is 9.86. The molecule has 1 rings (SSSR count). The van der Waals surface area contributed by atoms with E-state index < -0.39 is 11.1 Å². The van der Waals surface area contributed by atoms with Gasteiger partial charge in [-0.15, -0.1) is 0 Å². The number of hydrogen-bond donors (Lipinski definition) is 2. The third kappa shape index (κ3) is 1.16. The van der Waals surface area contributed by atoms with Crippen molar-refractivity contribution in [1.29, 1.82) is 5.26 Å². The summed E-state index contributed by atoms with van der Waals surface area (Å²) in [6.45, 7) is 7.35. The zero-order valence-corrected chi connectivity index (χ0v) is 8.57. The topological polar surface area (TPSA) is 73.3 Å². The number of nitriles is 1. The van der Waals surface area contributed by atoms with Crippen molar-refractivity contribution < 1.29 is 5.21 Å². The van der Waals surface area contributed by atoms with Gasteiger partial charge in [0.2, 0.25) is 0 Å². The van der Waals surface area contributed by atoms with Gasteiger partial charge in [-0.3, -0.25) is 0 Å². The van der Waals surface area contributed by atoms with Gasteiger partial charge in [-0.2, -0.15) is 10.3 Å². The molecule has 0 radical (unpaired) electrons. The van der Waals surface area contributed by atoms with E-state index in [0.717, 1.165) is 0 Å². The predicted octanol–water partition coefficient (Wildman–Crippen LogP) is 0.715. The monoisotopic (exact) mass is 183 g/mol. The van der Waals surface area contributed by atoms with Crippen LogP contribution in [0.25, 0.3) is 0 Å². The summed E-state index contributed by atoms with van der Waals surface area (Å²) in [4.78, 5) is 0. The molecule has 4 nitrogen and oxygen atoms in total. The first-order chi connectivity index (χ1) is 5.76. The van der Waals surface area contributed by atoms with Crippen LogP contribution in [0.15, 0.2) is 0 Å². The summed E-state index contributed by atoms with van der Waals surface area (Å²) < 4.78 is 0. The molecule has 0 bridgehead atoms. The molecule has 1 heterocycles. The van der Waals surface area contributed by atoms with Crippen LogP contribution in [0.5, 0.6) is 0 Å². The smallest absolute Gasteiger partial charge is 0.0834 e. The van der Waals surface area contributed by atoms with Crippen molar-refractivity contribution >= 4 is 0 Å². The third-order valence-electron chi connectivity index (χ3n) is 3.17. The fourth-order valence-corrected chi connectivity index (χ4v) is 2.10. The van der Waals surface area contributed by atoms with Gasteiger partial charge in [-0.25, -0.2) is 0 Å². The van der Waals surface area contributed by atoms with Crippen LogP contribution in [0.4, 0.5) is 0 Å². The van der Waals surface area contributed by atoms with Crippen LogP contribution in [0.1, 0.15) is 27.7 Å². The molecule has 1 aliphatic heterocycles. The summed E-state index contributed by atoms with van der Waals surface area (Å²) in [5, 5.41) is 20.0. The van der Waals surface area contributed by atoms with Crippen molar-refractivity contribution in [3.63, 3.8) is 0 Å². The Morgan fingerprint density at radius 3 is 1.92 bits per heavy atom. The lowest BCUT2D eigenvalue weighted by atomic mass is 9.84. The number of nitrogens with zero attached hydrogens (tertiary/aromatic N) is 2. The van der Waals surface area contributed by atoms with E-state index in [4.69, 9.17) is 11.0 Å². The maximum atomic E-state index is 9.86. The van der Waals surface area contributed by atoms with Gasteiger partial charge in [-0.05, 0) is 27.7 Å². The van der Waals surface area contributed by atoms with Crippen molar-refractivity contribution in [2.45, 2.75) is 44.8 Å². The molecule has 0 unspecified atom stereocenters. The quantitative estimate of drug-likeness (QED) is 0.580. The third-order valence-corrected chi connectivity index (χ3v) is 3.17. The number of hydroxylamine groups is 2. The van der Waals surface area contributed by atoms with Crippen molar-refractivity contribution in [1.82, 2.24) is 5.06 Å². The first-order valence-corrected chi connectivity index (χ1v) is 4.40. The van der Waals surface area contributed by atoms with Crippen LogP contribution in [0, 0.1) is 17.2 Å². The summed E-state index contributed by atoms with van der Waals surface area (Å²) in [7, 11) is 0. The maximum Gasteiger partial charge on any atom is 0.0834 e. The number of hydrogen-bond acceptors (Lipinski definition) is 4. The van der Waals surface area contributed by atoms with Gasteiger partial charge in [0.1, 0.15) is 0 Å². The van der Waals surface area contributed by atoms with E-state index in [2.05, 4.69) is 6.07 Å². The fraction of sp³-hybridized carbons (Fsp3) is 0.889. The molecular weight excluding hydrogens is 166 g/mol. The predicted molar refractivity (Wildman–Crippen MR) is 48.9 cm³/mol. The van der Waals surface area contributed by atoms with Crippen molar-refractivity contribution in [2.24, 2.45) is 11.7 Å². The highest BCUT2D eigenvalue weighted by Crippen LogP contribution is 2.42. The Morgan fingerprint density at radius 1 is 1.31 bits per heavy atom. The summed E-state index contributed by atoms with van der Waals surface area (Å²) >= 11 is 0. The highest BCUT2D eigenvalue weighted by molar-refractivity contribution is 5.17. The Bertz CT molecular complexity index is 254. The first kappa shape index (κ1) is 10.5. The Balaban J connectivity index is 3.13. The Labute approximate surface area is 78.9 Å². The van der Waals surface area contributed by atoms with E-state index in [0.29, 0.717) is 0 Å². The zero-order valence-electron chi connectivity index (χ0n) is 8.57. The standard InChI is InChI=1S/C9H17N3O/c1-8(2)6(5-10)7(11)9(3,4)12(8)13/h6-7,13H,11H2,1-4H3/t6-,7-/m1/s1. The lowest BCUT2D eigenvalue weighted by Gasteiger charge is -2.34. The molecule has 0 aliphatic carbocycles. The molecule has 74 valence electrons. The zero-order chi connectivity index (χ0) is 10.4. The van der Waals surface area contributed by atoms with Crippen LogP contribution in [0.3, 0.4) is 0 Å². The minimum atomic E-state index is -0.572. The van der Waals surface area contributed by atoms with E-state index in [9.17, 15) is 5.21 Å². The molecule has 0 aromatic rings. The molecule has 1 aliphatic rings. The van der Waals surface area contributed by atoms with Gasteiger partial charge in [0.15, 0.2) is 0 Å². The van der Waals surface area contributed by atoms with Crippen molar-refractivity contribution in [3.05, 3.63) is 0 Å². The van der Waals surface area contributed by atoms with E-state index >= 15 is 0 Å². The molecule has 13 heavy (non-hydrogen) atoms. The second kappa shape index (κ2) is 2.68. The average Bonchev–Trinajstić information content (AvgIpc) is 2.12. The Kier molecular flexibility index (Phi) is 2.15. The fourth-order valence-electron chi connectivity index (χ4n) is 2.10. The largest absolute Gasteiger partial charge is 0.325 e. The SMILES string of the molecule is CC1(C)[C@H](N)[C@@H](C#N)C(C)(C)N1O. The highest BCUT2D eigenvalue weighted by Gasteiger charge is 2.57. The Hall–Kier alpha value is -0.630. The minimum Gasteiger partial charge on any atom is -0.325 e.